The number of carbonyl (C=O) groups excluding carboxylic acids is 1. The summed E-state index contributed by atoms with van der Waals surface area (Å²) < 4.78 is 13.8. The lowest BCUT2D eigenvalue weighted by Crippen LogP contribution is -2.59. The van der Waals surface area contributed by atoms with Gasteiger partial charge in [-0.3, -0.25) is 4.79 Å². The highest BCUT2D eigenvalue weighted by atomic mass is 28.4. The first-order valence-electron chi connectivity index (χ1n) is 13.9. The number of carbonyl (C=O) groups is 1. The molecule has 0 heterocycles. The Labute approximate surface area is 212 Å². The Morgan fingerprint density at radius 1 is 1.09 bits per heavy atom. The number of fused-ring (bicyclic) bond motifs is 1. The molecule has 0 amide bonds. The van der Waals surface area contributed by atoms with E-state index < -0.39 is 22.0 Å². The zero-order valence-electron chi connectivity index (χ0n) is 24.0. The van der Waals surface area contributed by atoms with Gasteiger partial charge in [-0.15, -0.1) is 0 Å². The van der Waals surface area contributed by atoms with E-state index in [0.29, 0.717) is 12.0 Å². The van der Waals surface area contributed by atoms with Crippen LogP contribution in [-0.2, 0) is 13.6 Å². The molecule has 2 rings (SSSR count). The van der Waals surface area contributed by atoms with E-state index in [-0.39, 0.29) is 28.3 Å². The summed E-state index contributed by atoms with van der Waals surface area (Å²) in [6, 6.07) is 3.46. The smallest absolute Gasteiger partial charge is 0.192 e. The normalized spacial score (nSPS) is 32.2. The molecule has 6 heteroatoms. The highest BCUT2D eigenvalue weighted by Crippen LogP contribution is 2.60. The maximum atomic E-state index is 13.5. The number of hydrogen-bond acceptors (Lipinski definition) is 4. The molecule has 2 aliphatic rings. The van der Waals surface area contributed by atoms with Gasteiger partial charge in [0.05, 0.1) is 12.4 Å². The minimum absolute atomic E-state index is 0.0573. The minimum Gasteiger partial charge on any atom is -0.515 e. The number of aliphatic hydroxyl groups is 1. The molecule has 0 bridgehead atoms. The largest absolute Gasteiger partial charge is 0.515 e. The molecule has 2 saturated carbocycles. The first-order chi connectivity index (χ1) is 15.7. The van der Waals surface area contributed by atoms with Crippen LogP contribution in [0.2, 0.25) is 36.3 Å². The Balaban J connectivity index is 2.32. The van der Waals surface area contributed by atoms with E-state index in [1.807, 2.05) is 0 Å². The van der Waals surface area contributed by atoms with Crippen LogP contribution in [0.3, 0.4) is 0 Å². The fourth-order valence-electron chi connectivity index (χ4n) is 6.54. The molecule has 198 valence electrons. The zero-order chi connectivity index (χ0) is 26.0. The molecule has 2 aliphatic carbocycles. The van der Waals surface area contributed by atoms with Crippen LogP contribution >= 0.6 is 0 Å². The number of ketones is 1. The molecule has 0 saturated heterocycles. The predicted octanol–water partition coefficient (Wildman–Crippen LogP) is 8.41. The van der Waals surface area contributed by atoms with E-state index in [1.165, 1.54) is 0 Å². The lowest BCUT2D eigenvalue weighted by Gasteiger charge is -2.58. The lowest BCUT2D eigenvalue weighted by molar-refractivity contribution is -0.151. The van der Waals surface area contributed by atoms with Gasteiger partial charge in [-0.05, 0) is 86.1 Å². The third-order valence-electron chi connectivity index (χ3n) is 10.3. The van der Waals surface area contributed by atoms with Crippen LogP contribution in [0.25, 0.3) is 0 Å². The standard InChI is InChI=1S/C28H54O4Si2/c1-11-34(12-2,13-3)32-24-17-19-28(8)23(16-15-22(21-29)25(28)30)27(24,7)18-14-20-31-33(9,10)26(4,5)6/h21,23-24,29H,11-20H2,1-10H3/b22-21-/t23-,24+,27-,28-/m0/s1. The summed E-state index contributed by atoms with van der Waals surface area (Å²) in [7, 11) is -3.55. The van der Waals surface area contributed by atoms with Crippen molar-refractivity contribution in [1.29, 1.82) is 0 Å². The monoisotopic (exact) mass is 510 g/mol. The average Bonchev–Trinajstić information content (AvgIpc) is 2.78. The number of aliphatic hydroxyl groups excluding tert-OH is 1. The van der Waals surface area contributed by atoms with E-state index in [4.69, 9.17) is 8.85 Å². The van der Waals surface area contributed by atoms with Gasteiger partial charge in [-0.2, -0.15) is 0 Å². The number of rotatable bonds is 10. The minimum atomic E-state index is -1.78. The van der Waals surface area contributed by atoms with Crippen LogP contribution in [0.4, 0.5) is 0 Å². The summed E-state index contributed by atoms with van der Waals surface area (Å²) in [6.07, 6.45) is 6.73. The fraction of sp³-hybridized carbons (Fsp3) is 0.893. The van der Waals surface area contributed by atoms with Crippen LogP contribution < -0.4 is 0 Å². The van der Waals surface area contributed by atoms with Gasteiger partial charge in [-0.1, -0.05) is 55.4 Å². The zero-order valence-corrected chi connectivity index (χ0v) is 26.0. The molecule has 0 aromatic carbocycles. The highest BCUT2D eigenvalue weighted by molar-refractivity contribution is 6.74. The van der Waals surface area contributed by atoms with Crippen molar-refractivity contribution in [2.75, 3.05) is 6.61 Å². The molecule has 0 aromatic rings. The third kappa shape index (κ3) is 5.60. The molecular formula is C28H54O4Si2. The summed E-state index contributed by atoms with van der Waals surface area (Å²) in [4.78, 5) is 13.5. The fourth-order valence-corrected chi connectivity index (χ4v) is 10.6. The Hall–Kier alpha value is -0.436. The maximum absolute atomic E-state index is 13.5. The van der Waals surface area contributed by atoms with Gasteiger partial charge in [0.1, 0.15) is 0 Å². The van der Waals surface area contributed by atoms with Crippen LogP contribution in [-0.4, -0.2) is 40.2 Å². The van der Waals surface area contributed by atoms with Crippen molar-refractivity contribution < 1.29 is 18.8 Å². The molecule has 2 fully saturated rings. The van der Waals surface area contributed by atoms with Crippen LogP contribution in [0, 0.1) is 16.7 Å². The lowest BCUT2D eigenvalue weighted by atomic mass is 9.48. The van der Waals surface area contributed by atoms with Crippen LogP contribution in [0.1, 0.15) is 93.9 Å². The number of allylic oxidation sites excluding steroid dienone is 1. The predicted molar refractivity (Wildman–Crippen MR) is 148 cm³/mol. The van der Waals surface area contributed by atoms with E-state index in [9.17, 15) is 9.90 Å². The van der Waals surface area contributed by atoms with Crippen LogP contribution in [0.5, 0.6) is 0 Å². The second-order valence-electron chi connectivity index (χ2n) is 13.1. The number of hydrogen-bond donors (Lipinski definition) is 1. The van der Waals surface area contributed by atoms with Crippen molar-refractivity contribution in [1.82, 2.24) is 0 Å². The van der Waals surface area contributed by atoms with Crippen molar-refractivity contribution in [2.45, 2.75) is 136 Å². The quantitative estimate of drug-likeness (QED) is 0.139. The second kappa shape index (κ2) is 10.9. The summed E-state index contributed by atoms with van der Waals surface area (Å²) in [5, 5.41) is 9.91. The highest BCUT2D eigenvalue weighted by Gasteiger charge is 2.59. The van der Waals surface area contributed by atoms with Crippen LogP contribution in [0.15, 0.2) is 11.8 Å². The summed E-state index contributed by atoms with van der Waals surface area (Å²) in [5.41, 5.74) is 0.149. The molecule has 4 atom stereocenters. The molecule has 0 aliphatic heterocycles. The first-order valence-corrected chi connectivity index (χ1v) is 19.3. The van der Waals surface area contributed by atoms with E-state index in [0.717, 1.165) is 63.1 Å². The summed E-state index contributed by atoms with van der Waals surface area (Å²) in [6.45, 7) is 23.8. The molecule has 34 heavy (non-hydrogen) atoms. The van der Waals surface area contributed by atoms with Gasteiger partial charge in [-0.25, -0.2) is 0 Å². The topological polar surface area (TPSA) is 55.8 Å². The van der Waals surface area contributed by atoms with Crippen molar-refractivity contribution in [3.8, 4) is 0 Å². The Morgan fingerprint density at radius 3 is 2.18 bits per heavy atom. The van der Waals surface area contributed by atoms with Gasteiger partial charge in [0.15, 0.2) is 22.4 Å². The van der Waals surface area contributed by atoms with Crippen molar-refractivity contribution in [3.05, 3.63) is 11.8 Å². The average molecular weight is 511 g/mol. The number of Topliss-reactive ketones (excluding diaryl/α,β-unsaturated/α-hetero) is 1. The Bertz CT molecular complexity index is 729. The van der Waals surface area contributed by atoms with E-state index >= 15 is 0 Å². The maximum Gasteiger partial charge on any atom is 0.192 e. The van der Waals surface area contributed by atoms with E-state index in [2.05, 4.69) is 68.5 Å². The first kappa shape index (κ1) is 29.8. The molecule has 4 nitrogen and oxygen atoms in total. The van der Waals surface area contributed by atoms with Gasteiger partial charge in [0.25, 0.3) is 0 Å². The van der Waals surface area contributed by atoms with Crippen molar-refractivity contribution in [3.63, 3.8) is 0 Å². The molecule has 0 spiro atoms. The SMILES string of the molecule is CC[Si](CC)(CC)O[C@@H]1CC[C@]2(C)C(=O)/C(=C\O)CC[C@H]2[C@]1(C)CCCO[Si](C)(C)C(C)(C)C. The van der Waals surface area contributed by atoms with Gasteiger partial charge >= 0.3 is 0 Å². The molecule has 1 N–H and O–H groups in total. The summed E-state index contributed by atoms with van der Waals surface area (Å²) in [5.74, 6) is 0.443. The van der Waals surface area contributed by atoms with Gasteiger partial charge in [0, 0.05) is 17.6 Å². The van der Waals surface area contributed by atoms with E-state index in [1.54, 1.807) is 0 Å². The third-order valence-corrected chi connectivity index (χ3v) is 19.5. The molecular weight excluding hydrogens is 456 g/mol. The second-order valence-corrected chi connectivity index (χ2v) is 22.6. The Morgan fingerprint density at radius 2 is 1.68 bits per heavy atom. The summed E-state index contributed by atoms with van der Waals surface area (Å²) >= 11 is 0. The molecule has 0 unspecified atom stereocenters. The molecule has 0 aromatic heterocycles. The Kier molecular flexibility index (Phi) is 9.55. The van der Waals surface area contributed by atoms with Crippen molar-refractivity contribution in [2.24, 2.45) is 16.7 Å². The van der Waals surface area contributed by atoms with Crippen molar-refractivity contribution >= 4 is 22.4 Å². The van der Waals surface area contributed by atoms with Gasteiger partial charge in [0.2, 0.25) is 0 Å². The van der Waals surface area contributed by atoms with Gasteiger partial charge < -0.3 is 14.0 Å². The molecule has 0 radical (unpaired) electrons.